The summed E-state index contributed by atoms with van der Waals surface area (Å²) in [5.41, 5.74) is 2.97. The van der Waals surface area contributed by atoms with Crippen LogP contribution in [0.3, 0.4) is 0 Å². The number of ether oxygens (including phenoxy) is 1. The molecule has 7 heteroatoms. The van der Waals surface area contributed by atoms with Crippen molar-refractivity contribution in [3.8, 4) is 0 Å². The Labute approximate surface area is 184 Å². The maximum absolute atomic E-state index is 12.9. The van der Waals surface area contributed by atoms with Crippen molar-refractivity contribution in [2.24, 2.45) is 11.8 Å². The van der Waals surface area contributed by atoms with Crippen molar-refractivity contribution in [3.05, 3.63) is 41.1 Å². The zero-order valence-corrected chi connectivity index (χ0v) is 19.0. The number of nitrogens with one attached hydrogen (secondary N) is 2. The van der Waals surface area contributed by atoms with Crippen LogP contribution < -0.4 is 10.6 Å². The highest BCUT2D eigenvalue weighted by atomic mass is 32.1. The third kappa shape index (κ3) is 5.01. The Hall–Kier alpha value is -2.41. The first kappa shape index (κ1) is 22.3. The van der Waals surface area contributed by atoms with Crippen LogP contribution in [0, 0.1) is 11.8 Å². The quantitative estimate of drug-likeness (QED) is 0.523. The predicted molar refractivity (Wildman–Crippen MR) is 122 cm³/mol. The molecule has 2 N–H and O–H groups in total. The van der Waals surface area contributed by atoms with Gasteiger partial charge in [-0.05, 0) is 55.6 Å². The zero-order valence-electron chi connectivity index (χ0n) is 18.2. The molecular weight excluding hydrogens is 398 g/mol. The normalized spacial score (nSPS) is 19.8. The molecule has 1 aliphatic heterocycles. The molecule has 162 valence electrons. The highest BCUT2D eigenvalue weighted by Gasteiger charge is 2.33. The molecule has 1 heterocycles. The van der Waals surface area contributed by atoms with Crippen LogP contribution >= 0.6 is 12.2 Å². The van der Waals surface area contributed by atoms with E-state index < -0.39 is 6.04 Å². The number of hydrogen-bond acceptors (Lipinski definition) is 4. The first-order valence-electron chi connectivity index (χ1n) is 10.6. The second-order valence-electron chi connectivity index (χ2n) is 8.53. The largest absolute Gasteiger partial charge is 0.462 e. The minimum atomic E-state index is -0.395. The summed E-state index contributed by atoms with van der Waals surface area (Å²) in [6.07, 6.45) is 4.18. The summed E-state index contributed by atoms with van der Waals surface area (Å²) in [5.74, 6) is 0.121. The molecule has 1 amide bonds. The van der Waals surface area contributed by atoms with Crippen LogP contribution in [0.5, 0.6) is 0 Å². The minimum Gasteiger partial charge on any atom is -0.462 e. The van der Waals surface area contributed by atoms with Crippen molar-refractivity contribution in [2.45, 2.75) is 52.5 Å². The lowest BCUT2D eigenvalue weighted by Gasteiger charge is -2.35. The molecule has 0 aromatic heterocycles. The molecule has 1 aromatic carbocycles. The van der Waals surface area contributed by atoms with E-state index in [0.29, 0.717) is 17.3 Å². The zero-order chi connectivity index (χ0) is 21.8. The molecule has 1 unspecified atom stereocenters. The van der Waals surface area contributed by atoms with Crippen LogP contribution in [0.25, 0.3) is 0 Å². The number of thiocarbonyl (C=S) groups is 1. The van der Waals surface area contributed by atoms with Crippen LogP contribution in [0.2, 0.25) is 0 Å². The number of nitrogens with zero attached hydrogens (tertiary/aromatic N) is 1. The SMILES string of the molecule is CC1=C(C(=O)OCC(C)C)C(c2ccc(NC(=O)C3CCCC3)cc2)NC(=S)N1C. The summed E-state index contributed by atoms with van der Waals surface area (Å²) in [4.78, 5) is 27.0. The van der Waals surface area contributed by atoms with Crippen LogP contribution in [-0.4, -0.2) is 35.5 Å². The minimum absolute atomic E-state index is 0.0903. The lowest BCUT2D eigenvalue weighted by atomic mass is 9.95. The number of anilines is 1. The van der Waals surface area contributed by atoms with E-state index in [1.165, 1.54) is 0 Å². The van der Waals surface area contributed by atoms with E-state index in [2.05, 4.69) is 10.6 Å². The highest BCUT2D eigenvalue weighted by molar-refractivity contribution is 7.80. The van der Waals surface area contributed by atoms with Gasteiger partial charge in [-0.2, -0.15) is 0 Å². The number of amides is 1. The van der Waals surface area contributed by atoms with Gasteiger partial charge in [-0.15, -0.1) is 0 Å². The summed E-state index contributed by atoms with van der Waals surface area (Å²) in [6.45, 7) is 6.25. The molecule has 2 aliphatic rings. The van der Waals surface area contributed by atoms with Gasteiger partial charge >= 0.3 is 5.97 Å². The van der Waals surface area contributed by atoms with Gasteiger partial charge in [0.1, 0.15) is 0 Å². The van der Waals surface area contributed by atoms with Crippen LogP contribution in [0.15, 0.2) is 35.5 Å². The highest BCUT2D eigenvalue weighted by Crippen LogP contribution is 2.32. The molecule has 30 heavy (non-hydrogen) atoms. The van der Waals surface area contributed by atoms with Crippen molar-refractivity contribution in [3.63, 3.8) is 0 Å². The topological polar surface area (TPSA) is 70.7 Å². The Bertz CT molecular complexity index is 842. The Morgan fingerprint density at radius 1 is 1.23 bits per heavy atom. The lowest BCUT2D eigenvalue weighted by Crippen LogP contribution is -2.46. The van der Waals surface area contributed by atoms with E-state index in [9.17, 15) is 9.59 Å². The number of allylic oxidation sites excluding steroid dienone is 1. The molecule has 1 fully saturated rings. The first-order chi connectivity index (χ1) is 14.3. The fraction of sp³-hybridized carbons (Fsp3) is 0.522. The summed E-state index contributed by atoms with van der Waals surface area (Å²) in [7, 11) is 1.83. The Kier molecular flexibility index (Phi) is 7.13. The molecule has 1 aromatic rings. The van der Waals surface area contributed by atoms with Gasteiger partial charge in [0.2, 0.25) is 5.91 Å². The van der Waals surface area contributed by atoms with Crippen LogP contribution in [0.4, 0.5) is 5.69 Å². The molecule has 0 spiro atoms. The van der Waals surface area contributed by atoms with Crippen molar-refractivity contribution >= 4 is 34.9 Å². The summed E-state index contributed by atoms with van der Waals surface area (Å²) in [5, 5.41) is 6.81. The fourth-order valence-electron chi connectivity index (χ4n) is 3.86. The van der Waals surface area contributed by atoms with Crippen molar-refractivity contribution in [1.29, 1.82) is 0 Å². The smallest absolute Gasteiger partial charge is 0.338 e. The van der Waals surface area contributed by atoms with Crippen molar-refractivity contribution < 1.29 is 14.3 Å². The van der Waals surface area contributed by atoms with E-state index >= 15 is 0 Å². The Morgan fingerprint density at radius 2 is 1.87 bits per heavy atom. The van der Waals surface area contributed by atoms with E-state index in [0.717, 1.165) is 42.6 Å². The van der Waals surface area contributed by atoms with Gasteiger partial charge in [0.15, 0.2) is 5.11 Å². The summed E-state index contributed by atoms with van der Waals surface area (Å²) in [6, 6.07) is 7.18. The summed E-state index contributed by atoms with van der Waals surface area (Å²) >= 11 is 5.44. The van der Waals surface area contributed by atoms with Gasteiger partial charge in [-0.3, -0.25) is 4.79 Å². The van der Waals surface area contributed by atoms with Gasteiger partial charge < -0.3 is 20.3 Å². The van der Waals surface area contributed by atoms with E-state index in [4.69, 9.17) is 17.0 Å². The molecule has 0 saturated heterocycles. The van der Waals surface area contributed by atoms with E-state index in [1.54, 1.807) is 4.90 Å². The molecule has 1 aliphatic carbocycles. The molecular formula is C23H31N3O3S. The molecule has 1 saturated carbocycles. The van der Waals surface area contributed by atoms with E-state index in [-0.39, 0.29) is 23.7 Å². The van der Waals surface area contributed by atoms with E-state index in [1.807, 2.05) is 52.1 Å². The monoisotopic (exact) mass is 429 g/mol. The van der Waals surface area contributed by atoms with Crippen molar-refractivity contribution in [2.75, 3.05) is 19.0 Å². The third-order valence-corrected chi connectivity index (χ3v) is 6.15. The number of esters is 1. The predicted octanol–water partition coefficient (Wildman–Crippen LogP) is 4.15. The number of carbonyl (C=O) groups excluding carboxylic acids is 2. The molecule has 6 nitrogen and oxygen atoms in total. The molecule has 0 bridgehead atoms. The van der Waals surface area contributed by atoms with Gasteiger partial charge in [-0.1, -0.05) is 38.8 Å². The number of rotatable bonds is 6. The molecule has 0 radical (unpaired) electrons. The lowest BCUT2D eigenvalue weighted by molar-refractivity contribution is -0.140. The van der Waals surface area contributed by atoms with Crippen LogP contribution in [-0.2, 0) is 14.3 Å². The first-order valence-corrected chi connectivity index (χ1v) is 11.0. The second-order valence-corrected chi connectivity index (χ2v) is 8.91. The number of carbonyl (C=O) groups is 2. The molecule has 3 rings (SSSR count). The number of benzene rings is 1. The third-order valence-electron chi connectivity index (χ3n) is 5.76. The number of hydrogen-bond donors (Lipinski definition) is 2. The van der Waals surface area contributed by atoms with Crippen molar-refractivity contribution in [1.82, 2.24) is 10.2 Å². The van der Waals surface area contributed by atoms with Gasteiger partial charge in [0.25, 0.3) is 0 Å². The standard InChI is InChI=1S/C23H31N3O3S/c1-14(2)13-29-22(28)19-15(3)26(4)23(30)25-20(19)16-9-11-18(12-10-16)24-21(27)17-7-5-6-8-17/h9-12,14,17,20H,5-8,13H2,1-4H3,(H,24,27)(H,25,30). The van der Waals surface area contributed by atoms with Crippen LogP contribution in [0.1, 0.15) is 58.1 Å². The van der Waals surface area contributed by atoms with Gasteiger partial charge in [0, 0.05) is 24.4 Å². The Morgan fingerprint density at radius 3 is 2.47 bits per heavy atom. The average molecular weight is 430 g/mol. The maximum atomic E-state index is 12.9. The Balaban J connectivity index is 1.80. The maximum Gasteiger partial charge on any atom is 0.338 e. The average Bonchev–Trinajstić information content (AvgIpc) is 3.25. The second kappa shape index (κ2) is 9.60. The van der Waals surface area contributed by atoms with Gasteiger partial charge in [-0.25, -0.2) is 4.79 Å². The summed E-state index contributed by atoms with van der Waals surface area (Å²) < 4.78 is 5.52. The van der Waals surface area contributed by atoms with Gasteiger partial charge in [0.05, 0.1) is 18.2 Å². The fourth-order valence-corrected chi connectivity index (χ4v) is 4.12. The molecule has 1 atom stereocenters.